The van der Waals surface area contributed by atoms with Crippen LogP contribution in [0.15, 0.2) is 30.3 Å². The molecule has 0 spiro atoms. The number of carbonyl (C=O) groups is 1. The summed E-state index contributed by atoms with van der Waals surface area (Å²) >= 11 is 0. The number of hydrogen-bond donors (Lipinski definition) is 2. The lowest BCUT2D eigenvalue weighted by atomic mass is 9.71. The second kappa shape index (κ2) is 6.61. The third-order valence-corrected chi connectivity index (χ3v) is 5.28. The number of rotatable bonds is 5. The summed E-state index contributed by atoms with van der Waals surface area (Å²) in [5.74, 6) is 0.834. The maximum Gasteiger partial charge on any atom is 0.306 e. The fraction of sp³-hybridized carbons (Fsp3) is 0.611. The Balaban J connectivity index is 1.34. The van der Waals surface area contributed by atoms with Crippen molar-refractivity contribution < 1.29 is 9.90 Å². The van der Waals surface area contributed by atoms with E-state index in [2.05, 4.69) is 35.6 Å². The highest BCUT2D eigenvalue weighted by atomic mass is 16.4. The van der Waals surface area contributed by atoms with E-state index in [-0.39, 0.29) is 5.92 Å². The normalized spacial score (nSPS) is 32.4. The molecule has 2 aliphatic rings. The molecule has 21 heavy (non-hydrogen) atoms. The predicted molar refractivity (Wildman–Crippen MR) is 83.3 cm³/mol. The van der Waals surface area contributed by atoms with Crippen molar-refractivity contribution in [2.24, 2.45) is 11.8 Å². The van der Waals surface area contributed by atoms with Gasteiger partial charge in [0.2, 0.25) is 0 Å². The molecule has 1 aromatic carbocycles. The first-order chi connectivity index (χ1) is 10.2. The minimum absolute atomic E-state index is 0.103. The molecule has 3 heteroatoms. The van der Waals surface area contributed by atoms with Gasteiger partial charge in [0.05, 0.1) is 5.92 Å². The number of aliphatic carboxylic acids is 1. The summed E-state index contributed by atoms with van der Waals surface area (Å²) in [6.45, 7) is 1.10. The second-order valence-corrected chi connectivity index (χ2v) is 6.74. The Morgan fingerprint density at radius 3 is 2.38 bits per heavy atom. The second-order valence-electron chi connectivity index (χ2n) is 6.74. The van der Waals surface area contributed by atoms with Crippen LogP contribution in [-0.4, -0.2) is 23.7 Å². The molecule has 0 amide bonds. The summed E-state index contributed by atoms with van der Waals surface area (Å²) in [6, 6.07) is 11.3. The van der Waals surface area contributed by atoms with E-state index in [9.17, 15) is 4.79 Å². The Labute approximate surface area is 126 Å². The van der Waals surface area contributed by atoms with Gasteiger partial charge in [-0.05, 0) is 62.5 Å². The van der Waals surface area contributed by atoms with Crippen molar-refractivity contribution in [2.75, 3.05) is 6.54 Å². The highest BCUT2D eigenvalue weighted by Gasteiger charge is 2.31. The summed E-state index contributed by atoms with van der Waals surface area (Å²) in [5.41, 5.74) is 1.48. The predicted octanol–water partition coefficient (Wildman–Crippen LogP) is 3.41. The van der Waals surface area contributed by atoms with Crippen LogP contribution in [0, 0.1) is 11.8 Å². The van der Waals surface area contributed by atoms with Crippen molar-refractivity contribution in [3.8, 4) is 0 Å². The highest BCUT2D eigenvalue weighted by molar-refractivity contribution is 5.70. The van der Waals surface area contributed by atoms with Gasteiger partial charge in [-0.15, -0.1) is 0 Å². The van der Waals surface area contributed by atoms with E-state index in [1.54, 1.807) is 0 Å². The van der Waals surface area contributed by atoms with Gasteiger partial charge in [-0.1, -0.05) is 30.3 Å². The minimum atomic E-state index is -0.613. The van der Waals surface area contributed by atoms with E-state index in [1.165, 1.54) is 18.4 Å². The van der Waals surface area contributed by atoms with E-state index in [0.29, 0.717) is 6.04 Å². The van der Waals surface area contributed by atoms with Crippen LogP contribution in [0.1, 0.15) is 50.0 Å². The molecule has 0 atom stereocenters. The average Bonchev–Trinajstić information content (AvgIpc) is 2.47. The van der Waals surface area contributed by atoms with E-state index < -0.39 is 5.97 Å². The average molecular weight is 287 g/mol. The smallest absolute Gasteiger partial charge is 0.306 e. The maximum atomic E-state index is 10.9. The minimum Gasteiger partial charge on any atom is -0.481 e. The fourth-order valence-electron chi connectivity index (χ4n) is 3.78. The quantitative estimate of drug-likeness (QED) is 0.872. The van der Waals surface area contributed by atoms with Crippen molar-refractivity contribution in [1.82, 2.24) is 5.32 Å². The summed E-state index contributed by atoms with van der Waals surface area (Å²) < 4.78 is 0. The molecule has 3 nitrogen and oxygen atoms in total. The lowest BCUT2D eigenvalue weighted by Gasteiger charge is -2.37. The summed E-state index contributed by atoms with van der Waals surface area (Å²) in [4.78, 5) is 10.9. The first-order valence-electron chi connectivity index (χ1n) is 8.23. The topological polar surface area (TPSA) is 49.3 Å². The van der Waals surface area contributed by atoms with E-state index in [1.807, 2.05) is 0 Å². The molecule has 2 fully saturated rings. The van der Waals surface area contributed by atoms with Gasteiger partial charge in [0.15, 0.2) is 0 Å². The molecule has 2 N–H and O–H groups in total. The molecular weight excluding hydrogens is 262 g/mol. The zero-order chi connectivity index (χ0) is 14.7. The van der Waals surface area contributed by atoms with Crippen LogP contribution in [-0.2, 0) is 4.79 Å². The van der Waals surface area contributed by atoms with Crippen LogP contribution in [0.2, 0.25) is 0 Å². The van der Waals surface area contributed by atoms with Gasteiger partial charge in [-0.2, -0.15) is 0 Å². The van der Waals surface area contributed by atoms with Gasteiger partial charge in [0.25, 0.3) is 0 Å². The van der Waals surface area contributed by atoms with E-state index in [4.69, 9.17) is 5.11 Å². The number of nitrogens with one attached hydrogen (secondary N) is 1. The van der Waals surface area contributed by atoms with Crippen LogP contribution in [0.5, 0.6) is 0 Å². The Morgan fingerprint density at radius 2 is 1.76 bits per heavy atom. The summed E-state index contributed by atoms with van der Waals surface area (Å²) in [7, 11) is 0. The van der Waals surface area contributed by atoms with Crippen molar-refractivity contribution in [1.29, 1.82) is 0 Å². The molecule has 1 aromatic rings. The number of carboxylic acids is 1. The molecular formula is C18H25NO2. The van der Waals surface area contributed by atoms with Crippen LogP contribution < -0.4 is 5.32 Å². The van der Waals surface area contributed by atoms with Crippen LogP contribution in [0.4, 0.5) is 0 Å². The largest absolute Gasteiger partial charge is 0.481 e. The number of benzene rings is 1. The molecule has 0 radical (unpaired) electrons. The number of carboxylic acid groups (broad SMARTS) is 1. The molecule has 0 bridgehead atoms. The van der Waals surface area contributed by atoms with Crippen molar-refractivity contribution in [3.05, 3.63) is 35.9 Å². The third-order valence-electron chi connectivity index (χ3n) is 5.28. The van der Waals surface area contributed by atoms with Crippen LogP contribution in [0.3, 0.4) is 0 Å². The standard InChI is InChI=1S/C18H25NO2/c20-18(21)15-6-8-17(9-7-15)19-12-13-10-16(11-13)14-4-2-1-3-5-14/h1-5,13,15-17,19H,6-12H2,(H,20,21). The molecule has 2 saturated carbocycles. The van der Waals surface area contributed by atoms with Gasteiger partial charge in [0, 0.05) is 6.04 Å². The van der Waals surface area contributed by atoms with Gasteiger partial charge in [0.1, 0.15) is 0 Å². The Hall–Kier alpha value is -1.35. The van der Waals surface area contributed by atoms with Crippen LogP contribution >= 0.6 is 0 Å². The third kappa shape index (κ3) is 3.65. The highest BCUT2D eigenvalue weighted by Crippen LogP contribution is 2.41. The molecule has 0 aliphatic heterocycles. The molecule has 3 rings (SSSR count). The van der Waals surface area contributed by atoms with Crippen molar-refractivity contribution in [2.45, 2.75) is 50.5 Å². The Morgan fingerprint density at radius 1 is 1.10 bits per heavy atom. The fourth-order valence-corrected chi connectivity index (χ4v) is 3.78. The summed E-state index contributed by atoms with van der Waals surface area (Å²) in [6.07, 6.45) is 6.30. The Kier molecular flexibility index (Phi) is 4.59. The van der Waals surface area contributed by atoms with E-state index in [0.717, 1.165) is 44.1 Å². The van der Waals surface area contributed by atoms with Gasteiger partial charge in [-0.3, -0.25) is 4.79 Å². The zero-order valence-electron chi connectivity index (χ0n) is 12.5. The zero-order valence-corrected chi connectivity index (χ0v) is 12.5. The SMILES string of the molecule is O=C(O)C1CCC(NCC2CC(c3ccccc3)C2)CC1. The first kappa shape index (κ1) is 14.6. The first-order valence-corrected chi connectivity index (χ1v) is 8.23. The Bertz CT molecular complexity index is 459. The molecule has 0 unspecified atom stereocenters. The molecule has 2 aliphatic carbocycles. The molecule has 0 heterocycles. The van der Waals surface area contributed by atoms with Crippen molar-refractivity contribution >= 4 is 5.97 Å². The number of hydrogen-bond acceptors (Lipinski definition) is 2. The maximum absolute atomic E-state index is 10.9. The lowest BCUT2D eigenvalue weighted by molar-refractivity contribution is -0.142. The van der Waals surface area contributed by atoms with Gasteiger partial charge >= 0.3 is 5.97 Å². The van der Waals surface area contributed by atoms with E-state index >= 15 is 0 Å². The molecule has 0 aromatic heterocycles. The molecule has 0 saturated heterocycles. The lowest BCUT2D eigenvalue weighted by Crippen LogP contribution is -2.40. The summed E-state index contributed by atoms with van der Waals surface area (Å²) in [5, 5.41) is 12.7. The van der Waals surface area contributed by atoms with Crippen LogP contribution in [0.25, 0.3) is 0 Å². The van der Waals surface area contributed by atoms with Gasteiger partial charge in [-0.25, -0.2) is 0 Å². The van der Waals surface area contributed by atoms with Gasteiger partial charge < -0.3 is 10.4 Å². The molecule has 114 valence electrons. The van der Waals surface area contributed by atoms with Crippen molar-refractivity contribution in [3.63, 3.8) is 0 Å². The monoisotopic (exact) mass is 287 g/mol.